The first kappa shape index (κ1) is 11.0. The Bertz CT molecular complexity index is 264. The Morgan fingerprint density at radius 2 is 2.00 bits per heavy atom. The van der Waals surface area contributed by atoms with E-state index in [4.69, 9.17) is 4.74 Å². The zero-order chi connectivity index (χ0) is 10.2. The molecule has 1 aromatic carbocycles. The van der Waals surface area contributed by atoms with Crippen LogP contribution in [0.15, 0.2) is 36.4 Å². The van der Waals surface area contributed by atoms with Gasteiger partial charge < -0.3 is 4.74 Å². The Morgan fingerprint density at radius 3 is 2.64 bits per heavy atom. The van der Waals surface area contributed by atoms with E-state index in [0.29, 0.717) is 5.92 Å². The molecule has 14 heavy (non-hydrogen) atoms. The predicted octanol–water partition coefficient (Wildman–Crippen LogP) is 3.37. The highest BCUT2D eigenvalue weighted by Crippen LogP contribution is 2.05. The quantitative estimate of drug-likeness (QED) is 0.691. The molecule has 0 unspecified atom stereocenters. The van der Waals surface area contributed by atoms with Crippen LogP contribution in [-0.2, 0) is 4.74 Å². The lowest BCUT2D eigenvalue weighted by molar-refractivity contribution is 0.129. The van der Waals surface area contributed by atoms with Crippen LogP contribution in [0.2, 0.25) is 0 Å². The van der Waals surface area contributed by atoms with Crippen molar-refractivity contribution < 1.29 is 4.74 Å². The molecule has 0 spiro atoms. The third-order valence-corrected chi connectivity index (χ3v) is 2.00. The third-order valence-electron chi connectivity index (χ3n) is 2.00. The van der Waals surface area contributed by atoms with E-state index in [1.807, 2.05) is 25.1 Å². The lowest BCUT2D eigenvalue weighted by atomic mass is 10.1. The van der Waals surface area contributed by atoms with E-state index >= 15 is 0 Å². The van der Waals surface area contributed by atoms with Crippen LogP contribution in [0.4, 0.5) is 0 Å². The van der Waals surface area contributed by atoms with E-state index in [0.717, 1.165) is 13.2 Å². The van der Waals surface area contributed by atoms with Crippen molar-refractivity contribution in [2.45, 2.75) is 13.8 Å². The topological polar surface area (TPSA) is 9.23 Å². The smallest absolute Gasteiger partial charge is 0.0526 e. The summed E-state index contributed by atoms with van der Waals surface area (Å²) in [6.45, 7) is 5.78. The lowest BCUT2D eigenvalue weighted by Gasteiger charge is -2.05. The Kier molecular flexibility index (Phi) is 5.02. The van der Waals surface area contributed by atoms with Gasteiger partial charge in [-0.2, -0.15) is 0 Å². The average molecular weight is 190 g/mol. The summed E-state index contributed by atoms with van der Waals surface area (Å²) < 4.78 is 5.33. The van der Waals surface area contributed by atoms with Crippen LogP contribution < -0.4 is 0 Å². The summed E-state index contributed by atoms with van der Waals surface area (Å²) in [5.74, 6) is 0.482. The maximum Gasteiger partial charge on any atom is 0.0526 e. The van der Waals surface area contributed by atoms with Gasteiger partial charge in [-0.25, -0.2) is 0 Å². The van der Waals surface area contributed by atoms with E-state index in [2.05, 4.69) is 31.2 Å². The van der Waals surface area contributed by atoms with Crippen molar-refractivity contribution >= 4 is 6.08 Å². The summed E-state index contributed by atoms with van der Waals surface area (Å²) in [7, 11) is 0. The summed E-state index contributed by atoms with van der Waals surface area (Å²) in [4.78, 5) is 0. The van der Waals surface area contributed by atoms with Gasteiger partial charge in [0.1, 0.15) is 0 Å². The highest BCUT2D eigenvalue weighted by Gasteiger charge is 1.95. The Morgan fingerprint density at radius 1 is 1.29 bits per heavy atom. The molecule has 0 aromatic heterocycles. The standard InChI is InChI=1S/C13H18O/c1-3-14-11-12(2)9-10-13-7-5-4-6-8-13/h4-10,12H,3,11H2,1-2H3/b10-9+/t12-/m1/s1. The van der Waals surface area contributed by atoms with Crippen molar-refractivity contribution in [1.82, 2.24) is 0 Å². The van der Waals surface area contributed by atoms with Crippen LogP contribution in [-0.4, -0.2) is 13.2 Å². The Hall–Kier alpha value is -1.08. The number of hydrogen-bond donors (Lipinski definition) is 0. The minimum atomic E-state index is 0.482. The first-order chi connectivity index (χ1) is 6.83. The van der Waals surface area contributed by atoms with E-state index < -0.39 is 0 Å². The number of rotatable bonds is 5. The van der Waals surface area contributed by atoms with Crippen molar-refractivity contribution in [2.75, 3.05) is 13.2 Å². The normalized spacial score (nSPS) is 13.3. The summed E-state index contributed by atoms with van der Waals surface area (Å²) in [5, 5.41) is 0. The van der Waals surface area contributed by atoms with Gasteiger partial charge in [-0.05, 0) is 18.4 Å². The molecule has 0 aliphatic heterocycles. The van der Waals surface area contributed by atoms with Gasteiger partial charge in [-0.1, -0.05) is 49.4 Å². The number of ether oxygens (including phenoxy) is 1. The minimum Gasteiger partial charge on any atom is -0.381 e. The second-order valence-corrected chi connectivity index (χ2v) is 3.41. The number of benzene rings is 1. The van der Waals surface area contributed by atoms with Gasteiger partial charge in [0, 0.05) is 6.61 Å². The van der Waals surface area contributed by atoms with Crippen molar-refractivity contribution in [3.63, 3.8) is 0 Å². The monoisotopic (exact) mass is 190 g/mol. The van der Waals surface area contributed by atoms with E-state index in [-0.39, 0.29) is 0 Å². The van der Waals surface area contributed by atoms with Crippen LogP contribution >= 0.6 is 0 Å². The molecule has 1 nitrogen and oxygen atoms in total. The Labute approximate surface area is 86.4 Å². The maximum absolute atomic E-state index is 5.33. The lowest BCUT2D eigenvalue weighted by Crippen LogP contribution is -2.02. The third kappa shape index (κ3) is 4.24. The van der Waals surface area contributed by atoms with Gasteiger partial charge in [0.05, 0.1) is 6.61 Å². The zero-order valence-corrected chi connectivity index (χ0v) is 8.94. The zero-order valence-electron chi connectivity index (χ0n) is 8.94. The largest absolute Gasteiger partial charge is 0.381 e. The molecular formula is C13H18O. The molecule has 0 radical (unpaired) electrons. The molecule has 0 amide bonds. The fourth-order valence-corrected chi connectivity index (χ4v) is 1.20. The molecule has 1 heteroatoms. The molecule has 1 atom stereocenters. The van der Waals surface area contributed by atoms with E-state index in [1.54, 1.807) is 0 Å². The Balaban J connectivity index is 2.39. The molecule has 0 aliphatic rings. The summed E-state index contributed by atoms with van der Waals surface area (Å²) in [5.41, 5.74) is 1.25. The van der Waals surface area contributed by atoms with Crippen molar-refractivity contribution in [3.05, 3.63) is 42.0 Å². The second kappa shape index (κ2) is 6.39. The summed E-state index contributed by atoms with van der Waals surface area (Å²) >= 11 is 0. The molecule has 0 fully saturated rings. The minimum absolute atomic E-state index is 0.482. The van der Waals surface area contributed by atoms with Gasteiger partial charge in [-0.3, -0.25) is 0 Å². The van der Waals surface area contributed by atoms with Crippen LogP contribution in [0.1, 0.15) is 19.4 Å². The van der Waals surface area contributed by atoms with Gasteiger partial charge in [0.2, 0.25) is 0 Å². The van der Waals surface area contributed by atoms with Crippen LogP contribution in [0.25, 0.3) is 6.08 Å². The highest BCUT2D eigenvalue weighted by molar-refractivity contribution is 5.48. The molecule has 0 bridgehead atoms. The van der Waals surface area contributed by atoms with Crippen molar-refractivity contribution in [3.8, 4) is 0 Å². The van der Waals surface area contributed by atoms with Gasteiger partial charge in [-0.15, -0.1) is 0 Å². The summed E-state index contributed by atoms with van der Waals surface area (Å²) in [6.07, 6.45) is 4.33. The van der Waals surface area contributed by atoms with Crippen LogP contribution in [0.3, 0.4) is 0 Å². The fraction of sp³-hybridized carbons (Fsp3) is 0.385. The average Bonchev–Trinajstić information content (AvgIpc) is 2.25. The fourth-order valence-electron chi connectivity index (χ4n) is 1.20. The summed E-state index contributed by atoms with van der Waals surface area (Å²) in [6, 6.07) is 10.3. The van der Waals surface area contributed by atoms with Gasteiger partial charge >= 0.3 is 0 Å². The first-order valence-electron chi connectivity index (χ1n) is 5.14. The maximum atomic E-state index is 5.33. The molecular weight excluding hydrogens is 172 g/mol. The second-order valence-electron chi connectivity index (χ2n) is 3.41. The van der Waals surface area contributed by atoms with Gasteiger partial charge in [0.15, 0.2) is 0 Å². The van der Waals surface area contributed by atoms with E-state index in [1.165, 1.54) is 5.56 Å². The molecule has 1 aromatic rings. The van der Waals surface area contributed by atoms with Gasteiger partial charge in [0.25, 0.3) is 0 Å². The van der Waals surface area contributed by atoms with Crippen molar-refractivity contribution in [2.24, 2.45) is 5.92 Å². The first-order valence-corrected chi connectivity index (χ1v) is 5.14. The van der Waals surface area contributed by atoms with Crippen LogP contribution in [0, 0.1) is 5.92 Å². The predicted molar refractivity (Wildman–Crippen MR) is 61.1 cm³/mol. The van der Waals surface area contributed by atoms with Crippen molar-refractivity contribution in [1.29, 1.82) is 0 Å². The molecule has 0 N–H and O–H groups in total. The molecule has 0 aliphatic carbocycles. The SMILES string of the molecule is CCOC[C@H](C)/C=C/c1ccccc1. The molecule has 0 heterocycles. The molecule has 1 rings (SSSR count). The van der Waals surface area contributed by atoms with Crippen LogP contribution in [0.5, 0.6) is 0 Å². The molecule has 76 valence electrons. The highest BCUT2D eigenvalue weighted by atomic mass is 16.5. The number of hydrogen-bond acceptors (Lipinski definition) is 1. The molecule has 0 saturated heterocycles. The van der Waals surface area contributed by atoms with E-state index in [9.17, 15) is 0 Å². The molecule has 0 saturated carbocycles.